The van der Waals surface area contributed by atoms with Crippen molar-refractivity contribution in [3.05, 3.63) is 40.2 Å². The molecule has 0 aliphatic heterocycles. The molecule has 0 saturated heterocycles. The molecule has 0 saturated carbocycles. The zero-order chi connectivity index (χ0) is 13.0. The van der Waals surface area contributed by atoms with Crippen LogP contribution in [-0.2, 0) is 6.54 Å². The molecule has 2 rings (SSSR count). The van der Waals surface area contributed by atoms with Crippen LogP contribution in [0.5, 0.6) is 5.75 Å². The number of ether oxygens (including phenoxy) is 1. The Bertz CT molecular complexity index is 652. The first-order valence-corrected chi connectivity index (χ1v) is 5.50. The molecule has 0 amide bonds. The molecule has 4 nitrogen and oxygen atoms in total. The van der Waals surface area contributed by atoms with Crippen molar-refractivity contribution >= 4 is 11.0 Å². The van der Waals surface area contributed by atoms with Gasteiger partial charge in [-0.2, -0.15) is 0 Å². The van der Waals surface area contributed by atoms with Gasteiger partial charge in [-0.25, -0.2) is 4.79 Å². The number of methoxy groups -OCH3 is 1. The summed E-state index contributed by atoms with van der Waals surface area (Å²) in [4.78, 5) is 11.8. The lowest BCUT2D eigenvalue weighted by Gasteiger charge is -2.05. The number of fused-ring (bicyclic) bond motifs is 1. The fraction of sp³-hybridized carbons (Fsp3) is 0.214. The maximum atomic E-state index is 11.8. The third-order valence-electron chi connectivity index (χ3n) is 2.56. The summed E-state index contributed by atoms with van der Waals surface area (Å²) in [6.07, 6.45) is 5.13. The highest BCUT2D eigenvalue weighted by Crippen LogP contribution is 2.24. The highest BCUT2D eigenvalue weighted by Gasteiger charge is 2.08. The summed E-state index contributed by atoms with van der Waals surface area (Å²) in [5.41, 5.74) is 0.633. The van der Waals surface area contributed by atoms with E-state index in [9.17, 15) is 4.79 Å². The van der Waals surface area contributed by atoms with Crippen molar-refractivity contribution in [2.45, 2.75) is 6.54 Å². The standard InChI is InChI=1S/C14H13NO3/c1-3-7-15-9-11-8-10-5-4-6-12(17-2)13(10)18-14(11)16/h1,4-6,8,15H,7,9H2,2H3. The normalized spacial score (nSPS) is 10.2. The lowest BCUT2D eigenvalue weighted by molar-refractivity contribution is 0.406. The molecule has 4 heteroatoms. The maximum Gasteiger partial charge on any atom is 0.340 e. The molecule has 18 heavy (non-hydrogen) atoms. The van der Waals surface area contributed by atoms with Crippen LogP contribution in [0, 0.1) is 12.3 Å². The van der Waals surface area contributed by atoms with E-state index in [1.54, 1.807) is 12.1 Å². The predicted molar refractivity (Wildman–Crippen MR) is 69.6 cm³/mol. The summed E-state index contributed by atoms with van der Waals surface area (Å²) in [7, 11) is 1.54. The first-order valence-electron chi connectivity index (χ1n) is 5.50. The van der Waals surface area contributed by atoms with Gasteiger partial charge in [0.05, 0.1) is 19.2 Å². The maximum absolute atomic E-state index is 11.8. The lowest BCUT2D eigenvalue weighted by Crippen LogP contribution is -2.19. The monoisotopic (exact) mass is 243 g/mol. The summed E-state index contributed by atoms with van der Waals surface area (Å²) in [5.74, 6) is 3.00. The number of hydrogen-bond donors (Lipinski definition) is 1. The van der Waals surface area contributed by atoms with Gasteiger partial charge in [-0.05, 0) is 12.1 Å². The van der Waals surface area contributed by atoms with E-state index in [1.165, 1.54) is 7.11 Å². The smallest absolute Gasteiger partial charge is 0.340 e. The fourth-order valence-electron chi connectivity index (χ4n) is 1.71. The average Bonchev–Trinajstić information content (AvgIpc) is 2.39. The molecule has 2 aromatic rings. The topological polar surface area (TPSA) is 51.5 Å². The van der Waals surface area contributed by atoms with Crippen molar-refractivity contribution in [1.29, 1.82) is 0 Å². The molecule has 1 aromatic heterocycles. The van der Waals surface area contributed by atoms with Gasteiger partial charge in [-0.1, -0.05) is 18.1 Å². The molecule has 0 radical (unpaired) electrons. The van der Waals surface area contributed by atoms with Crippen LogP contribution < -0.4 is 15.7 Å². The molecule has 0 unspecified atom stereocenters. The quantitative estimate of drug-likeness (QED) is 0.502. The van der Waals surface area contributed by atoms with Crippen LogP contribution >= 0.6 is 0 Å². The highest BCUT2D eigenvalue weighted by molar-refractivity contribution is 5.82. The van der Waals surface area contributed by atoms with Crippen LogP contribution in [0.25, 0.3) is 11.0 Å². The molecule has 1 heterocycles. The summed E-state index contributed by atoms with van der Waals surface area (Å²) in [6, 6.07) is 7.25. The second kappa shape index (κ2) is 5.39. The lowest BCUT2D eigenvalue weighted by atomic mass is 10.1. The Labute approximate surface area is 105 Å². The zero-order valence-corrected chi connectivity index (χ0v) is 10.0. The Hall–Kier alpha value is -2.25. The SMILES string of the molecule is C#CCNCc1cc2cccc(OC)c2oc1=O. The largest absolute Gasteiger partial charge is 0.493 e. The zero-order valence-electron chi connectivity index (χ0n) is 10.0. The third-order valence-corrected chi connectivity index (χ3v) is 2.56. The fourth-order valence-corrected chi connectivity index (χ4v) is 1.71. The van der Waals surface area contributed by atoms with Crippen molar-refractivity contribution < 1.29 is 9.15 Å². The molecule has 92 valence electrons. The molecule has 1 N–H and O–H groups in total. The summed E-state index contributed by atoms with van der Waals surface area (Å²) in [5, 5.41) is 3.78. The molecule has 0 fully saturated rings. The minimum atomic E-state index is -0.378. The molecular weight excluding hydrogens is 230 g/mol. The number of benzene rings is 1. The van der Waals surface area contributed by atoms with Gasteiger partial charge in [0, 0.05) is 11.9 Å². The van der Waals surface area contributed by atoms with Gasteiger partial charge >= 0.3 is 5.63 Å². The van der Waals surface area contributed by atoms with E-state index < -0.39 is 0 Å². The molecule has 1 aromatic carbocycles. The Morgan fingerprint density at radius 3 is 3.06 bits per heavy atom. The van der Waals surface area contributed by atoms with Crippen LogP contribution in [0.4, 0.5) is 0 Å². The van der Waals surface area contributed by atoms with Gasteiger partial charge in [0.2, 0.25) is 0 Å². The number of terminal acetylenes is 1. The number of rotatable bonds is 4. The van der Waals surface area contributed by atoms with Gasteiger partial charge < -0.3 is 14.5 Å². The Morgan fingerprint density at radius 2 is 2.33 bits per heavy atom. The summed E-state index contributed by atoms with van der Waals surface area (Å²) in [6.45, 7) is 0.801. The van der Waals surface area contributed by atoms with E-state index >= 15 is 0 Å². The van der Waals surface area contributed by atoms with Crippen molar-refractivity contribution in [3.8, 4) is 18.1 Å². The Balaban J connectivity index is 2.44. The molecule has 0 atom stereocenters. The molecular formula is C14H13NO3. The van der Waals surface area contributed by atoms with Gasteiger partial charge in [0.1, 0.15) is 0 Å². The highest BCUT2D eigenvalue weighted by atomic mass is 16.5. The first kappa shape index (κ1) is 12.2. The number of hydrogen-bond acceptors (Lipinski definition) is 4. The Kier molecular flexibility index (Phi) is 3.66. The van der Waals surface area contributed by atoms with Gasteiger partial charge in [-0.15, -0.1) is 6.42 Å². The summed E-state index contributed by atoms with van der Waals surface area (Å²) < 4.78 is 10.4. The van der Waals surface area contributed by atoms with Crippen molar-refractivity contribution in [3.63, 3.8) is 0 Å². The molecule has 0 bridgehead atoms. The third kappa shape index (κ3) is 2.36. The minimum Gasteiger partial charge on any atom is -0.493 e. The number of para-hydroxylation sites is 1. The Morgan fingerprint density at radius 1 is 1.50 bits per heavy atom. The van der Waals surface area contributed by atoms with Gasteiger partial charge in [0.15, 0.2) is 11.3 Å². The van der Waals surface area contributed by atoms with E-state index in [2.05, 4.69) is 11.2 Å². The minimum absolute atomic E-state index is 0.378. The summed E-state index contributed by atoms with van der Waals surface area (Å²) >= 11 is 0. The molecule has 0 spiro atoms. The van der Waals surface area contributed by atoms with Crippen molar-refractivity contribution in [1.82, 2.24) is 5.32 Å². The van der Waals surface area contributed by atoms with Crippen LogP contribution in [0.15, 0.2) is 33.5 Å². The van der Waals surface area contributed by atoms with E-state index in [-0.39, 0.29) is 5.63 Å². The van der Waals surface area contributed by atoms with Crippen molar-refractivity contribution in [2.75, 3.05) is 13.7 Å². The van der Waals surface area contributed by atoms with Crippen molar-refractivity contribution in [2.24, 2.45) is 0 Å². The van der Waals surface area contributed by atoms with Gasteiger partial charge in [-0.3, -0.25) is 0 Å². The van der Waals surface area contributed by atoms with Crippen LogP contribution in [-0.4, -0.2) is 13.7 Å². The van der Waals surface area contributed by atoms with Crippen LogP contribution in [0.1, 0.15) is 5.56 Å². The second-order valence-corrected chi connectivity index (χ2v) is 3.75. The average molecular weight is 243 g/mol. The van der Waals surface area contributed by atoms with E-state index in [0.717, 1.165) is 5.39 Å². The van der Waals surface area contributed by atoms with E-state index in [4.69, 9.17) is 15.6 Å². The van der Waals surface area contributed by atoms with Gasteiger partial charge in [0.25, 0.3) is 0 Å². The molecule has 0 aliphatic carbocycles. The molecule has 0 aliphatic rings. The second-order valence-electron chi connectivity index (χ2n) is 3.75. The first-order chi connectivity index (χ1) is 8.76. The van der Waals surface area contributed by atoms with Crippen LogP contribution in [0.3, 0.4) is 0 Å². The van der Waals surface area contributed by atoms with Crippen LogP contribution in [0.2, 0.25) is 0 Å². The number of nitrogens with one attached hydrogen (secondary N) is 1. The van der Waals surface area contributed by atoms with E-state index in [0.29, 0.717) is 30.0 Å². The van der Waals surface area contributed by atoms with E-state index in [1.807, 2.05) is 12.1 Å². The predicted octanol–water partition coefficient (Wildman–Crippen LogP) is 1.52.